The van der Waals surface area contributed by atoms with E-state index in [0.717, 1.165) is 32.0 Å². The van der Waals surface area contributed by atoms with E-state index in [1.807, 2.05) is 0 Å². The number of hydrogen-bond donors (Lipinski definition) is 1. The standard InChI is InChI=1S/C32H40ClF2N3O4S/c33-23-7-9-27(10-8-23)43(41,42)38-28(22-19-24(34)21-25(35)20-22)5-4-6-29(38)32(13-14-32)30(39)31(40)37-17-11-26(12-18-37)36-15-2-1-3-16-36/h7-10,19-21,26,28-30,39H,1-6,11-18H2. The first kappa shape index (κ1) is 30.9. The van der Waals surface area contributed by atoms with Crippen molar-refractivity contribution in [2.45, 2.75) is 93.3 Å². The van der Waals surface area contributed by atoms with Crippen molar-refractivity contribution in [1.29, 1.82) is 0 Å². The molecule has 0 spiro atoms. The topological polar surface area (TPSA) is 81.2 Å². The van der Waals surface area contributed by atoms with Crippen LogP contribution in [0, 0.1) is 17.0 Å². The highest BCUT2D eigenvalue weighted by atomic mass is 35.5. The zero-order valence-corrected chi connectivity index (χ0v) is 25.9. The van der Waals surface area contributed by atoms with Gasteiger partial charge in [0.1, 0.15) is 17.7 Å². The summed E-state index contributed by atoms with van der Waals surface area (Å²) in [6.07, 6.45) is 6.40. The molecule has 7 nitrogen and oxygen atoms in total. The third-order valence-electron chi connectivity index (χ3n) is 10.2. The lowest BCUT2D eigenvalue weighted by molar-refractivity contribution is -0.148. The maximum atomic E-state index is 14.4. The fraction of sp³-hybridized carbons (Fsp3) is 0.594. The van der Waals surface area contributed by atoms with Gasteiger partial charge in [-0.25, -0.2) is 17.2 Å². The molecule has 3 heterocycles. The summed E-state index contributed by atoms with van der Waals surface area (Å²) >= 11 is 6.05. The largest absolute Gasteiger partial charge is 0.383 e. The lowest BCUT2D eigenvalue weighted by Gasteiger charge is -2.47. The molecule has 2 aromatic carbocycles. The summed E-state index contributed by atoms with van der Waals surface area (Å²) in [5.74, 6) is -1.92. The molecule has 3 saturated heterocycles. The van der Waals surface area contributed by atoms with Crippen molar-refractivity contribution < 1.29 is 27.1 Å². The van der Waals surface area contributed by atoms with Crippen LogP contribution in [0.2, 0.25) is 5.02 Å². The molecule has 0 bridgehead atoms. The molecule has 1 aliphatic carbocycles. The van der Waals surface area contributed by atoms with E-state index in [-0.39, 0.29) is 16.4 Å². The number of sulfonamides is 1. The smallest absolute Gasteiger partial charge is 0.252 e. The van der Waals surface area contributed by atoms with E-state index >= 15 is 0 Å². The summed E-state index contributed by atoms with van der Waals surface area (Å²) in [5.41, 5.74) is -0.749. The van der Waals surface area contributed by atoms with E-state index in [1.165, 1.54) is 60.0 Å². The lowest BCUT2D eigenvalue weighted by Crippen LogP contribution is -2.57. The fourth-order valence-corrected chi connectivity index (χ4v) is 9.81. The quantitative estimate of drug-likeness (QED) is 0.433. The number of nitrogens with zero attached hydrogens (tertiary/aromatic N) is 3. The second-order valence-corrected chi connectivity index (χ2v) is 15.0. The molecule has 6 rings (SSSR count). The minimum Gasteiger partial charge on any atom is -0.383 e. The molecule has 2 aromatic rings. The number of piperidine rings is 3. The number of carbonyl (C=O) groups is 1. The second-order valence-electron chi connectivity index (χ2n) is 12.7. The first-order valence-electron chi connectivity index (χ1n) is 15.6. The highest BCUT2D eigenvalue weighted by molar-refractivity contribution is 7.89. The molecule has 1 N–H and O–H groups in total. The van der Waals surface area contributed by atoms with E-state index in [9.17, 15) is 27.1 Å². The van der Waals surface area contributed by atoms with Crippen molar-refractivity contribution in [2.24, 2.45) is 5.41 Å². The Hall–Kier alpha value is -2.11. The van der Waals surface area contributed by atoms with Gasteiger partial charge in [-0.3, -0.25) is 4.79 Å². The first-order valence-corrected chi connectivity index (χ1v) is 17.4. The van der Waals surface area contributed by atoms with Crippen LogP contribution in [0.25, 0.3) is 0 Å². The summed E-state index contributed by atoms with van der Waals surface area (Å²) in [5, 5.41) is 12.1. The van der Waals surface area contributed by atoms with Crippen LogP contribution in [-0.2, 0) is 14.8 Å². The molecule has 3 atom stereocenters. The van der Waals surface area contributed by atoms with Crippen LogP contribution in [0.4, 0.5) is 8.78 Å². The maximum absolute atomic E-state index is 14.4. The van der Waals surface area contributed by atoms with Gasteiger partial charge in [-0.05, 0) is 113 Å². The molecule has 0 aromatic heterocycles. The van der Waals surface area contributed by atoms with Crippen LogP contribution in [0.15, 0.2) is 47.4 Å². The Morgan fingerprint density at radius 3 is 2.12 bits per heavy atom. The highest BCUT2D eigenvalue weighted by Crippen LogP contribution is 2.59. The van der Waals surface area contributed by atoms with E-state index in [1.54, 1.807) is 4.90 Å². The maximum Gasteiger partial charge on any atom is 0.252 e. The first-order chi connectivity index (χ1) is 20.6. The number of halogens is 3. The van der Waals surface area contributed by atoms with Crippen molar-refractivity contribution in [3.63, 3.8) is 0 Å². The molecule has 1 amide bonds. The highest BCUT2D eigenvalue weighted by Gasteiger charge is 2.62. The number of rotatable bonds is 7. The minimum atomic E-state index is -4.21. The zero-order chi connectivity index (χ0) is 30.4. The van der Waals surface area contributed by atoms with Gasteiger partial charge in [-0.2, -0.15) is 4.31 Å². The number of benzene rings is 2. The third-order valence-corrected chi connectivity index (χ3v) is 12.4. The molecule has 4 aliphatic rings. The predicted molar refractivity (Wildman–Crippen MR) is 160 cm³/mol. The molecular formula is C32H40ClF2N3O4S. The molecule has 11 heteroatoms. The molecule has 3 unspecified atom stereocenters. The van der Waals surface area contributed by atoms with E-state index in [2.05, 4.69) is 4.90 Å². The summed E-state index contributed by atoms with van der Waals surface area (Å²) in [6, 6.07) is 7.80. The molecule has 4 fully saturated rings. The van der Waals surface area contributed by atoms with Crippen LogP contribution in [0.5, 0.6) is 0 Å². The van der Waals surface area contributed by atoms with E-state index < -0.39 is 45.3 Å². The number of hydrogen-bond acceptors (Lipinski definition) is 5. The Labute approximate surface area is 257 Å². The Balaban J connectivity index is 1.28. The minimum absolute atomic E-state index is 0.00192. The average molecular weight is 636 g/mol. The van der Waals surface area contributed by atoms with Gasteiger partial charge >= 0.3 is 0 Å². The molecule has 43 heavy (non-hydrogen) atoms. The Morgan fingerprint density at radius 2 is 1.51 bits per heavy atom. The normalized spacial score (nSPS) is 26.3. The monoisotopic (exact) mass is 635 g/mol. The number of carbonyl (C=O) groups excluding carboxylic acids is 1. The average Bonchev–Trinajstić information content (AvgIpc) is 3.82. The number of aliphatic hydroxyl groups is 1. The van der Waals surface area contributed by atoms with Crippen molar-refractivity contribution in [2.75, 3.05) is 26.2 Å². The number of amides is 1. The van der Waals surface area contributed by atoms with Gasteiger partial charge in [0, 0.05) is 41.7 Å². The van der Waals surface area contributed by atoms with E-state index in [4.69, 9.17) is 11.6 Å². The van der Waals surface area contributed by atoms with Crippen LogP contribution in [0.3, 0.4) is 0 Å². The molecule has 3 aliphatic heterocycles. The molecule has 1 saturated carbocycles. The van der Waals surface area contributed by atoms with Gasteiger partial charge in [-0.15, -0.1) is 0 Å². The fourth-order valence-electron chi connectivity index (χ4n) is 7.75. The number of likely N-dealkylation sites (tertiary alicyclic amines) is 2. The molecular weight excluding hydrogens is 596 g/mol. The van der Waals surface area contributed by atoms with Gasteiger partial charge < -0.3 is 14.9 Å². The predicted octanol–water partition coefficient (Wildman–Crippen LogP) is 5.52. The van der Waals surface area contributed by atoms with Crippen molar-refractivity contribution in [3.8, 4) is 0 Å². The van der Waals surface area contributed by atoms with Crippen LogP contribution in [0.1, 0.15) is 75.8 Å². The van der Waals surface area contributed by atoms with Crippen LogP contribution in [-0.4, -0.2) is 77.9 Å². The second kappa shape index (κ2) is 12.4. The molecule has 234 valence electrons. The van der Waals surface area contributed by atoms with Crippen LogP contribution >= 0.6 is 11.6 Å². The van der Waals surface area contributed by atoms with Gasteiger partial charge in [0.15, 0.2) is 0 Å². The van der Waals surface area contributed by atoms with Gasteiger partial charge in [0.2, 0.25) is 10.0 Å². The summed E-state index contributed by atoms with van der Waals surface area (Å²) < 4.78 is 58.8. The Kier molecular flexibility index (Phi) is 8.87. The van der Waals surface area contributed by atoms with Gasteiger partial charge in [-0.1, -0.05) is 18.0 Å². The Bertz CT molecular complexity index is 1400. The van der Waals surface area contributed by atoms with Crippen molar-refractivity contribution in [1.82, 2.24) is 14.1 Å². The lowest BCUT2D eigenvalue weighted by atomic mass is 9.81. The van der Waals surface area contributed by atoms with E-state index in [0.29, 0.717) is 56.3 Å². The Morgan fingerprint density at radius 1 is 0.884 bits per heavy atom. The van der Waals surface area contributed by atoms with Crippen molar-refractivity contribution >= 4 is 27.5 Å². The van der Waals surface area contributed by atoms with Crippen LogP contribution < -0.4 is 0 Å². The molecule has 0 radical (unpaired) electrons. The van der Waals surface area contributed by atoms with Gasteiger partial charge in [0.05, 0.1) is 10.9 Å². The van der Waals surface area contributed by atoms with Crippen molar-refractivity contribution in [3.05, 3.63) is 64.7 Å². The summed E-state index contributed by atoms with van der Waals surface area (Å²) in [7, 11) is -4.21. The number of aliphatic hydroxyl groups excluding tert-OH is 1. The SMILES string of the molecule is O=C(C(O)C1(C2CCCC(c3cc(F)cc(F)c3)N2S(=O)(=O)c2ccc(Cl)cc2)CC1)N1CCC(N2CCCCC2)CC1. The van der Waals surface area contributed by atoms with Gasteiger partial charge in [0.25, 0.3) is 5.91 Å². The zero-order valence-electron chi connectivity index (χ0n) is 24.3. The third kappa shape index (κ3) is 6.10. The summed E-state index contributed by atoms with van der Waals surface area (Å²) in [4.78, 5) is 18.1. The summed E-state index contributed by atoms with van der Waals surface area (Å²) in [6.45, 7) is 3.33.